The number of pyridine rings is 1. The van der Waals surface area contributed by atoms with E-state index in [9.17, 15) is 0 Å². The zero-order valence-electron chi connectivity index (χ0n) is 6.77. The van der Waals surface area contributed by atoms with Gasteiger partial charge < -0.3 is 10.5 Å². The molecule has 0 aromatic carbocycles. The number of hydrogen-bond donors (Lipinski definition) is 1. The zero-order chi connectivity index (χ0) is 8.10. The van der Waals surface area contributed by atoms with Gasteiger partial charge in [0.05, 0.1) is 4.47 Å². The van der Waals surface area contributed by atoms with Crippen LogP contribution in [0.2, 0.25) is 0 Å². The molecule has 2 N–H and O–H groups in total. The smallest absolute Gasteiger partial charge is 0.227 e. The Balaban J connectivity index is 0. The number of aromatic nitrogens is 1. The maximum absolute atomic E-state index is 5.26. The molecule has 6 heteroatoms. The molecule has 13 heavy (non-hydrogen) atoms. The summed E-state index contributed by atoms with van der Waals surface area (Å²) in [6, 6.07) is 3.71. The van der Waals surface area contributed by atoms with E-state index in [4.69, 9.17) is 10.5 Å². The number of nitrogens with two attached hydrogens (primary N) is 1. The summed E-state index contributed by atoms with van der Waals surface area (Å²) in [6.07, 6.45) is 1.68. The highest BCUT2D eigenvalue weighted by molar-refractivity contribution is 9.10. The average Bonchev–Trinajstić information content (AvgIpc) is 2.03. The summed E-state index contributed by atoms with van der Waals surface area (Å²) >= 11 is 3.30. The summed E-state index contributed by atoms with van der Waals surface area (Å²) in [7, 11) is 0. The summed E-state index contributed by atoms with van der Waals surface area (Å²) in [5, 5.41) is 0. The van der Waals surface area contributed by atoms with Gasteiger partial charge in [-0.2, -0.15) is 0 Å². The van der Waals surface area contributed by atoms with Gasteiger partial charge in [-0.05, 0) is 28.1 Å². The van der Waals surface area contributed by atoms with Crippen LogP contribution >= 0.6 is 40.7 Å². The van der Waals surface area contributed by atoms with Crippen molar-refractivity contribution in [2.75, 3.05) is 13.2 Å². The normalized spacial score (nSPS) is 8.15. The first-order valence-electron chi connectivity index (χ1n) is 3.28. The van der Waals surface area contributed by atoms with E-state index < -0.39 is 0 Å². The minimum absolute atomic E-state index is 0. The highest BCUT2D eigenvalue weighted by Gasteiger charge is 1.98. The third-order valence-corrected chi connectivity index (χ3v) is 1.68. The maximum atomic E-state index is 5.26. The summed E-state index contributed by atoms with van der Waals surface area (Å²) < 4.78 is 6.06. The van der Waals surface area contributed by atoms with Gasteiger partial charge in [0.2, 0.25) is 5.88 Å². The van der Waals surface area contributed by atoms with Crippen LogP contribution in [0, 0.1) is 0 Å². The van der Waals surface area contributed by atoms with E-state index >= 15 is 0 Å². The van der Waals surface area contributed by atoms with Crippen molar-refractivity contribution in [3.05, 3.63) is 22.8 Å². The van der Waals surface area contributed by atoms with Crippen LogP contribution in [0.15, 0.2) is 22.8 Å². The lowest BCUT2D eigenvalue weighted by molar-refractivity contribution is 0.313. The molecular formula is C7H11BrCl2N2O. The molecule has 0 atom stereocenters. The molecule has 76 valence electrons. The van der Waals surface area contributed by atoms with Crippen molar-refractivity contribution in [2.45, 2.75) is 0 Å². The molecule has 1 aromatic rings. The van der Waals surface area contributed by atoms with E-state index in [0.717, 1.165) is 4.47 Å². The fourth-order valence-electron chi connectivity index (χ4n) is 0.633. The Kier molecular flexibility index (Phi) is 10.2. The van der Waals surface area contributed by atoms with Crippen LogP contribution in [0.3, 0.4) is 0 Å². The van der Waals surface area contributed by atoms with E-state index in [1.807, 2.05) is 12.1 Å². The van der Waals surface area contributed by atoms with Crippen LogP contribution in [-0.4, -0.2) is 18.1 Å². The third kappa shape index (κ3) is 5.31. The topological polar surface area (TPSA) is 48.1 Å². The van der Waals surface area contributed by atoms with E-state index in [-0.39, 0.29) is 24.8 Å². The average molecular weight is 290 g/mol. The molecule has 0 unspecified atom stereocenters. The van der Waals surface area contributed by atoms with Gasteiger partial charge in [-0.15, -0.1) is 24.8 Å². The lowest BCUT2D eigenvalue weighted by Gasteiger charge is -2.03. The predicted octanol–water partition coefficient (Wildman–Crippen LogP) is 2.03. The summed E-state index contributed by atoms with van der Waals surface area (Å²) in [4.78, 5) is 3.99. The van der Waals surface area contributed by atoms with Crippen molar-refractivity contribution >= 4 is 40.7 Å². The van der Waals surface area contributed by atoms with Gasteiger partial charge in [0.25, 0.3) is 0 Å². The first-order valence-corrected chi connectivity index (χ1v) is 4.07. The Morgan fingerprint density at radius 1 is 1.46 bits per heavy atom. The first-order chi connectivity index (χ1) is 5.34. The van der Waals surface area contributed by atoms with E-state index in [1.54, 1.807) is 6.20 Å². The minimum atomic E-state index is 0. The van der Waals surface area contributed by atoms with Gasteiger partial charge in [0.1, 0.15) is 6.61 Å². The zero-order valence-corrected chi connectivity index (χ0v) is 9.99. The monoisotopic (exact) mass is 288 g/mol. The molecule has 0 aliphatic carbocycles. The fraction of sp³-hybridized carbons (Fsp3) is 0.286. The van der Waals surface area contributed by atoms with Crippen LogP contribution in [-0.2, 0) is 0 Å². The van der Waals surface area contributed by atoms with Crippen LogP contribution in [0.1, 0.15) is 0 Å². The Hall–Kier alpha value is -0.0300. The molecule has 1 rings (SSSR count). The number of hydrogen-bond acceptors (Lipinski definition) is 3. The second-order valence-corrected chi connectivity index (χ2v) is 2.78. The van der Waals surface area contributed by atoms with E-state index in [0.29, 0.717) is 19.0 Å². The lowest BCUT2D eigenvalue weighted by atomic mass is 10.5. The van der Waals surface area contributed by atoms with Gasteiger partial charge in [-0.25, -0.2) is 4.98 Å². The van der Waals surface area contributed by atoms with Crippen molar-refractivity contribution in [3.8, 4) is 5.88 Å². The fourth-order valence-corrected chi connectivity index (χ4v) is 1.00. The Morgan fingerprint density at radius 3 is 2.69 bits per heavy atom. The van der Waals surface area contributed by atoms with Crippen molar-refractivity contribution in [2.24, 2.45) is 5.73 Å². The number of nitrogens with zero attached hydrogens (tertiary/aromatic N) is 1. The third-order valence-electron chi connectivity index (χ3n) is 1.08. The Labute approximate surface area is 98.0 Å². The van der Waals surface area contributed by atoms with Crippen LogP contribution in [0.25, 0.3) is 0 Å². The van der Waals surface area contributed by atoms with Crippen molar-refractivity contribution in [1.29, 1.82) is 0 Å². The van der Waals surface area contributed by atoms with Gasteiger partial charge in [-0.3, -0.25) is 0 Å². The second kappa shape index (κ2) is 8.56. The van der Waals surface area contributed by atoms with Crippen molar-refractivity contribution in [3.63, 3.8) is 0 Å². The lowest BCUT2D eigenvalue weighted by Crippen LogP contribution is -2.11. The molecule has 0 amide bonds. The predicted molar refractivity (Wildman–Crippen MR) is 61.0 cm³/mol. The second-order valence-electron chi connectivity index (χ2n) is 1.93. The van der Waals surface area contributed by atoms with E-state index in [1.165, 1.54) is 0 Å². The first kappa shape index (κ1) is 15.4. The van der Waals surface area contributed by atoms with E-state index in [2.05, 4.69) is 20.9 Å². The van der Waals surface area contributed by atoms with Crippen molar-refractivity contribution < 1.29 is 4.74 Å². The molecule has 0 saturated heterocycles. The largest absolute Gasteiger partial charge is 0.476 e. The van der Waals surface area contributed by atoms with Gasteiger partial charge >= 0.3 is 0 Å². The summed E-state index contributed by atoms with van der Waals surface area (Å²) in [6.45, 7) is 0.999. The maximum Gasteiger partial charge on any atom is 0.227 e. The Bertz CT molecular complexity index is 237. The number of halogens is 3. The van der Waals surface area contributed by atoms with Gasteiger partial charge in [0, 0.05) is 12.7 Å². The summed E-state index contributed by atoms with van der Waals surface area (Å²) in [5.74, 6) is 0.595. The molecule has 0 saturated carbocycles. The van der Waals surface area contributed by atoms with Gasteiger partial charge in [-0.1, -0.05) is 0 Å². The molecule has 0 fully saturated rings. The molecule has 0 radical (unpaired) electrons. The molecule has 1 aromatic heterocycles. The highest BCUT2D eigenvalue weighted by Crippen LogP contribution is 2.20. The van der Waals surface area contributed by atoms with Crippen LogP contribution < -0.4 is 10.5 Å². The van der Waals surface area contributed by atoms with Gasteiger partial charge in [0.15, 0.2) is 0 Å². The van der Waals surface area contributed by atoms with Crippen molar-refractivity contribution in [1.82, 2.24) is 4.98 Å². The molecule has 0 aliphatic heterocycles. The summed E-state index contributed by atoms with van der Waals surface area (Å²) in [5.41, 5.74) is 5.26. The molecule has 0 bridgehead atoms. The molecule has 0 spiro atoms. The minimum Gasteiger partial charge on any atom is -0.476 e. The van der Waals surface area contributed by atoms with Crippen LogP contribution in [0.4, 0.5) is 0 Å². The van der Waals surface area contributed by atoms with Crippen LogP contribution in [0.5, 0.6) is 5.88 Å². The molecule has 0 aliphatic rings. The Morgan fingerprint density at radius 2 is 2.15 bits per heavy atom. The molecule has 1 heterocycles. The SMILES string of the molecule is Cl.Cl.NCCOc1ncccc1Br. The quantitative estimate of drug-likeness (QED) is 0.926. The highest BCUT2D eigenvalue weighted by atomic mass is 79.9. The standard InChI is InChI=1S/C7H9BrN2O.2ClH/c8-6-2-1-4-10-7(6)11-5-3-9;;/h1-2,4H,3,5,9H2;2*1H. The number of ether oxygens (including phenoxy) is 1. The number of rotatable bonds is 3. The molecule has 3 nitrogen and oxygen atoms in total. The molecular weight excluding hydrogens is 279 g/mol.